The molecule has 1 N–H and O–H groups in total. The third-order valence-corrected chi connectivity index (χ3v) is 11.1. The van der Waals surface area contributed by atoms with Crippen LogP contribution in [-0.2, 0) is 18.9 Å². The fourth-order valence-corrected chi connectivity index (χ4v) is 5.09. The highest BCUT2D eigenvalue weighted by Crippen LogP contribution is 2.45. The molecular weight excluding hydrogens is 456 g/mol. The maximum Gasteiger partial charge on any atom is 0.188 e. The molecule has 0 aromatic rings. The number of unbranched alkanes of at least 4 members (excludes halogenated alkanes) is 4. The van der Waals surface area contributed by atoms with Gasteiger partial charge in [0.1, 0.15) is 12.2 Å². The van der Waals surface area contributed by atoms with Crippen molar-refractivity contribution in [1.29, 1.82) is 0 Å². The van der Waals surface area contributed by atoms with Crippen LogP contribution in [0.25, 0.3) is 0 Å². The van der Waals surface area contributed by atoms with Crippen LogP contribution in [0.15, 0.2) is 11.6 Å². The summed E-state index contributed by atoms with van der Waals surface area (Å²) in [6.45, 7) is 20.8. The van der Waals surface area contributed by atoms with Crippen molar-refractivity contribution in [3.05, 3.63) is 11.6 Å². The van der Waals surface area contributed by atoms with Crippen LogP contribution in [0.5, 0.6) is 0 Å². The molecule has 0 fully saturated rings. The lowest BCUT2D eigenvalue weighted by atomic mass is 9.79. The molecule has 1 rings (SSSR count). The Bertz CT molecular complexity index is 572. The van der Waals surface area contributed by atoms with Crippen LogP contribution in [0.2, 0.25) is 18.1 Å². The van der Waals surface area contributed by atoms with Gasteiger partial charge in [0.25, 0.3) is 0 Å². The summed E-state index contributed by atoms with van der Waals surface area (Å²) in [7, 11) is -2.38. The van der Waals surface area contributed by atoms with E-state index < -0.39 is 8.32 Å². The quantitative estimate of drug-likeness (QED) is 0.105. The lowest BCUT2D eigenvalue weighted by molar-refractivity contribution is -0.152. The van der Waals surface area contributed by atoms with Crippen LogP contribution in [0.3, 0.4) is 0 Å². The van der Waals surface area contributed by atoms with Crippen LogP contribution in [0, 0.1) is 5.92 Å². The zero-order chi connectivity index (χ0) is 26.3. The maximum absolute atomic E-state index is 11.1. The minimum atomic E-state index is -2.38. The predicted molar refractivity (Wildman–Crippen MR) is 150 cm³/mol. The van der Waals surface area contributed by atoms with Gasteiger partial charge in [-0.05, 0) is 55.8 Å². The Morgan fingerprint density at radius 3 is 1.77 bits per heavy atom. The van der Waals surface area contributed by atoms with Crippen LogP contribution < -0.4 is 0 Å². The standard InChI is InChI=1S/C29H58O5Si/c1-9-13-17-31-23-25-21-24(22-29(5,6)35(7,8)30)26(32-18-14-10-2)28(34-20-16-12-4)27(25)33-19-15-11-3/h21,24,26-28,30H,9-20,22-23H2,1-8H3/t24-,26-,27+,28+/m0/s1. The van der Waals surface area contributed by atoms with Crippen molar-refractivity contribution in [2.75, 3.05) is 33.0 Å². The molecule has 6 heteroatoms. The average Bonchev–Trinajstić information content (AvgIpc) is 2.79. The summed E-state index contributed by atoms with van der Waals surface area (Å²) in [6, 6.07) is 0. The SMILES string of the molecule is CCCCOCC1=C[C@@H](CC(C)(C)[Si](C)(C)O)[C@H](OCCCC)[C@@H](OCCCC)[C@@H]1OCCCC. The van der Waals surface area contributed by atoms with Gasteiger partial charge in [-0.3, -0.25) is 0 Å². The van der Waals surface area contributed by atoms with Gasteiger partial charge < -0.3 is 23.7 Å². The van der Waals surface area contributed by atoms with E-state index in [1.54, 1.807) is 0 Å². The van der Waals surface area contributed by atoms with Gasteiger partial charge in [0.15, 0.2) is 8.32 Å². The summed E-state index contributed by atoms with van der Waals surface area (Å²) in [6.07, 6.45) is 11.4. The highest BCUT2D eigenvalue weighted by molar-refractivity contribution is 6.72. The molecule has 208 valence electrons. The minimum Gasteiger partial charge on any atom is -0.432 e. The van der Waals surface area contributed by atoms with E-state index in [9.17, 15) is 4.80 Å². The molecule has 0 radical (unpaired) electrons. The van der Waals surface area contributed by atoms with Crippen molar-refractivity contribution >= 4 is 8.32 Å². The first-order valence-electron chi connectivity index (χ1n) is 14.5. The first kappa shape index (κ1) is 32.8. The highest BCUT2D eigenvalue weighted by atomic mass is 28.4. The second kappa shape index (κ2) is 17.3. The fraction of sp³-hybridized carbons (Fsp3) is 0.931. The molecule has 4 atom stereocenters. The zero-order valence-electron chi connectivity index (χ0n) is 24.4. The largest absolute Gasteiger partial charge is 0.432 e. The topological polar surface area (TPSA) is 57.2 Å². The first-order valence-corrected chi connectivity index (χ1v) is 17.4. The lowest BCUT2D eigenvalue weighted by Gasteiger charge is -2.45. The molecule has 0 aliphatic heterocycles. The van der Waals surface area contributed by atoms with Gasteiger partial charge in [0.05, 0.1) is 12.7 Å². The molecule has 0 spiro atoms. The van der Waals surface area contributed by atoms with Crippen molar-refractivity contribution in [2.45, 2.75) is 136 Å². The van der Waals surface area contributed by atoms with E-state index >= 15 is 0 Å². The molecule has 1 aliphatic rings. The summed E-state index contributed by atoms with van der Waals surface area (Å²) in [4.78, 5) is 11.1. The average molecular weight is 515 g/mol. The molecule has 0 saturated carbocycles. The molecule has 0 heterocycles. The Labute approximate surface area is 218 Å². The van der Waals surface area contributed by atoms with E-state index in [0.29, 0.717) is 13.2 Å². The van der Waals surface area contributed by atoms with Crippen molar-refractivity contribution in [3.63, 3.8) is 0 Å². The van der Waals surface area contributed by atoms with Crippen LogP contribution in [-0.4, -0.2) is 64.5 Å². The molecular formula is C29H58O5Si. The van der Waals surface area contributed by atoms with Gasteiger partial charge in [-0.15, -0.1) is 0 Å². The van der Waals surface area contributed by atoms with Crippen LogP contribution >= 0.6 is 0 Å². The molecule has 35 heavy (non-hydrogen) atoms. The third kappa shape index (κ3) is 11.4. The summed E-state index contributed by atoms with van der Waals surface area (Å²) < 4.78 is 25.9. The Kier molecular flexibility index (Phi) is 16.2. The van der Waals surface area contributed by atoms with E-state index in [2.05, 4.69) is 47.6 Å². The summed E-state index contributed by atoms with van der Waals surface area (Å²) in [5, 5.41) is -0.154. The van der Waals surface area contributed by atoms with E-state index in [4.69, 9.17) is 18.9 Å². The third-order valence-electron chi connectivity index (χ3n) is 7.56. The van der Waals surface area contributed by atoms with Gasteiger partial charge in [-0.25, -0.2) is 0 Å². The van der Waals surface area contributed by atoms with Crippen molar-refractivity contribution in [3.8, 4) is 0 Å². The molecule has 0 aromatic heterocycles. The number of hydrogen-bond donors (Lipinski definition) is 1. The van der Waals surface area contributed by atoms with Crippen molar-refractivity contribution in [1.82, 2.24) is 0 Å². The van der Waals surface area contributed by atoms with Gasteiger partial charge in [0.2, 0.25) is 0 Å². The van der Waals surface area contributed by atoms with Gasteiger partial charge >= 0.3 is 0 Å². The maximum atomic E-state index is 11.1. The second-order valence-electron chi connectivity index (χ2n) is 11.5. The smallest absolute Gasteiger partial charge is 0.188 e. The summed E-state index contributed by atoms with van der Waals surface area (Å²) in [5.41, 5.74) is 1.19. The summed E-state index contributed by atoms with van der Waals surface area (Å²) >= 11 is 0. The predicted octanol–water partition coefficient (Wildman–Crippen LogP) is 7.28. The highest BCUT2D eigenvalue weighted by Gasteiger charge is 2.47. The monoisotopic (exact) mass is 514 g/mol. The molecule has 5 nitrogen and oxygen atoms in total. The zero-order valence-corrected chi connectivity index (χ0v) is 25.4. The van der Waals surface area contributed by atoms with Crippen molar-refractivity contribution in [2.24, 2.45) is 5.92 Å². The fourth-order valence-electron chi connectivity index (χ4n) is 4.36. The minimum absolute atomic E-state index is 0.0833. The molecule has 0 unspecified atom stereocenters. The molecule has 0 bridgehead atoms. The summed E-state index contributed by atoms with van der Waals surface area (Å²) in [5.74, 6) is 0.156. The molecule has 1 aliphatic carbocycles. The van der Waals surface area contributed by atoms with Gasteiger partial charge in [-0.2, -0.15) is 0 Å². The number of rotatable bonds is 20. The molecule has 0 amide bonds. The molecule has 0 aromatic carbocycles. The van der Waals surface area contributed by atoms with Gasteiger partial charge in [0, 0.05) is 32.3 Å². The van der Waals surface area contributed by atoms with Crippen LogP contribution in [0.1, 0.15) is 99.3 Å². The number of hydrogen-bond acceptors (Lipinski definition) is 5. The molecule has 0 saturated heterocycles. The number of ether oxygens (including phenoxy) is 4. The Morgan fingerprint density at radius 1 is 0.771 bits per heavy atom. The van der Waals surface area contributed by atoms with Crippen LogP contribution in [0.4, 0.5) is 0 Å². The Morgan fingerprint density at radius 2 is 1.26 bits per heavy atom. The Hall–Kier alpha value is -0.243. The Balaban J connectivity index is 3.36. The van der Waals surface area contributed by atoms with E-state index in [0.717, 1.165) is 77.6 Å². The van der Waals surface area contributed by atoms with Crippen molar-refractivity contribution < 1.29 is 23.7 Å². The van der Waals surface area contributed by atoms with E-state index in [1.807, 2.05) is 13.1 Å². The first-order chi connectivity index (χ1) is 16.6. The van der Waals surface area contributed by atoms with Gasteiger partial charge in [-0.1, -0.05) is 73.3 Å². The second-order valence-corrected chi connectivity index (χ2v) is 16.0. The normalized spacial score (nSPS) is 23.5. The van der Waals surface area contributed by atoms with E-state index in [1.165, 1.54) is 5.57 Å². The van der Waals surface area contributed by atoms with E-state index in [-0.39, 0.29) is 29.3 Å². The lowest BCUT2D eigenvalue weighted by Crippen LogP contribution is -2.52.